The first-order valence-corrected chi connectivity index (χ1v) is 9.51. The van der Waals surface area contributed by atoms with Crippen LogP contribution in [-0.2, 0) is 0 Å². The molecule has 0 amide bonds. The molecule has 2 aromatic carbocycles. The molecule has 1 atom stereocenters. The Kier molecular flexibility index (Phi) is 4.17. The summed E-state index contributed by atoms with van der Waals surface area (Å²) in [5.74, 6) is 0. The van der Waals surface area contributed by atoms with Gasteiger partial charge in [-0.3, -0.25) is 0 Å². The van der Waals surface area contributed by atoms with Gasteiger partial charge in [0, 0.05) is 0 Å². The maximum absolute atomic E-state index is 6.38. The summed E-state index contributed by atoms with van der Waals surface area (Å²) in [4.78, 5) is 0. The van der Waals surface area contributed by atoms with Crippen LogP contribution in [0.1, 0.15) is 0 Å². The zero-order valence-corrected chi connectivity index (χ0v) is 11.8. The van der Waals surface area contributed by atoms with Crippen molar-refractivity contribution in [2.24, 2.45) is 0 Å². The zero-order chi connectivity index (χ0) is 11.4. The van der Waals surface area contributed by atoms with Crippen LogP contribution in [0.5, 0.6) is 0 Å². The summed E-state index contributed by atoms with van der Waals surface area (Å²) in [7, 11) is 6.38. The van der Waals surface area contributed by atoms with E-state index in [2.05, 4.69) is 4.23 Å². The number of nitrogens with one attached hydrogen (secondary N) is 1. The van der Waals surface area contributed by atoms with E-state index in [9.17, 15) is 0 Å². The molecule has 0 saturated carbocycles. The SMILES string of the molecule is Clc1ccc([As](Cl)Nc2ccccc2)cc1. The molecule has 0 aliphatic heterocycles. The van der Waals surface area contributed by atoms with Gasteiger partial charge in [0.25, 0.3) is 0 Å². The van der Waals surface area contributed by atoms with Gasteiger partial charge in [0.15, 0.2) is 0 Å². The van der Waals surface area contributed by atoms with Crippen LogP contribution in [-0.4, -0.2) is 13.9 Å². The van der Waals surface area contributed by atoms with Gasteiger partial charge in [0.05, 0.1) is 0 Å². The second kappa shape index (κ2) is 5.63. The Morgan fingerprint density at radius 3 is 2.12 bits per heavy atom. The normalized spacial score (nSPS) is 12.1. The third-order valence-electron chi connectivity index (χ3n) is 2.05. The van der Waals surface area contributed by atoms with E-state index in [0.29, 0.717) is 0 Å². The molecule has 0 fully saturated rings. The standard InChI is InChI=1S/C12H10AsCl2N/c14-11-8-6-10(7-9-11)13(15)16-12-4-2-1-3-5-12/h1-9,16H. The van der Waals surface area contributed by atoms with Crippen LogP contribution in [0.3, 0.4) is 0 Å². The molecule has 1 unspecified atom stereocenters. The van der Waals surface area contributed by atoms with Crippen LogP contribution in [0, 0.1) is 0 Å². The summed E-state index contributed by atoms with van der Waals surface area (Å²) >= 11 is 4.12. The first kappa shape index (κ1) is 11.9. The van der Waals surface area contributed by atoms with E-state index >= 15 is 0 Å². The summed E-state index contributed by atoms with van der Waals surface area (Å²) in [5, 5.41) is 0.738. The molecule has 0 aliphatic carbocycles. The van der Waals surface area contributed by atoms with Crippen LogP contribution in [0.4, 0.5) is 5.69 Å². The van der Waals surface area contributed by atoms with E-state index in [0.717, 1.165) is 15.1 Å². The number of hydrogen-bond donors (Lipinski definition) is 1. The van der Waals surface area contributed by atoms with Gasteiger partial charge >= 0.3 is 109 Å². The van der Waals surface area contributed by atoms with Crippen LogP contribution in [0.25, 0.3) is 0 Å². The number of benzene rings is 2. The molecule has 1 N–H and O–H groups in total. The summed E-state index contributed by atoms with van der Waals surface area (Å²) < 4.78 is 4.49. The number of rotatable bonds is 3. The van der Waals surface area contributed by atoms with Crippen LogP contribution in [0.2, 0.25) is 5.02 Å². The molecule has 0 bridgehead atoms. The molecule has 82 valence electrons. The Labute approximate surface area is 109 Å². The van der Waals surface area contributed by atoms with Crippen molar-refractivity contribution in [3.8, 4) is 0 Å². The van der Waals surface area contributed by atoms with Gasteiger partial charge in [-0.1, -0.05) is 0 Å². The van der Waals surface area contributed by atoms with Gasteiger partial charge in [0.2, 0.25) is 0 Å². The van der Waals surface area contributed by atoms with Crippen molar-refractivity contribution >= 4 is 45.5 Å². The third-order valence-corrected chi connectivity index (χ3v) is 6.29. The summed E-state index contributed by atoms with van der Waals surface area (Å²) in [5.41, 5.74) is 1.06. The molecule has 0 aliphatic rings. The fraction of sp³-hybridized carbons (Fsp3) is 0. The van der Waals surface area contributed by atoms with E-state index in [-0.39, 0.29) is 0 Å². The molecule has 1 nitrogen and oxygen atoms in total. The van der Waals surface area contributed by atoms with Crippen molar-refractivity contribution < 1.29 is 0 Å². The van der Waals surface area contributed by atoms with Crippen LogP contribution >= 0.6 is 21.6 Å². The zero-order valence-electron chi connectivity index (χ0n) is 8.40. The van der Waals surface area contributed by atoms with Crippen molar-refractivity contribution in [1.82, 2.24) is 0 Å². The summed E-state index contributed by atoms with van der Waals surface area (Å²) in [6, 6.07) is 17.7. The molecule has 0 spiro atoms. The molecule has 2 rings (SSSR count). The Hall–Kier alpha value is -0.622. The number of para-hydroxylation sites is 1. The maximum atomic E-state index is 6.38. The monoisotopic (exact) mass is 313 g/mol. The Bertz CT molecular complexity index is 444. The summed E-state index contributed by atoms with van der Waals surface area (Å²) in [6.07, 6.45) is 0. The minimum atomic E-state index is -1.71. The van der Waals surface area contributed by atoms with Crippen molar-refractivity contribution in [2.45, 2.75) is 0 Å². The first-order valence-electron chi connectivity index (χ1n) is 4.79. The van der Waals surface area contributed by atoms with E-state index in [1.165, 1.54) is 0 Å². The van der Waals surface area contributed by atoms with Crippen LogP contribution < -0.4 is 8.58 Å². The molecule has 0 radical (unpaired) electrons. The second-order valence-corrected chi connectivity index (χ2v) is 8.16. The van der Waals surface area contributed by atoms with Crippen molar-refractivity contribution in [2.75, 3.05) is 4.23 Å². The third kappa shape index (κ3) is 3.18. The van der Waals surface area contributed by atoms with Gasteiger partial charge < -0.3 is 0 Å². The molecule has 0 saturated heterocycles. The first-order chi connectivity index (χ1) is 7.75. The Morgan fingerprint density at radius 2 is 1.50 bits per heavy atom. The number of anilines is 1. The van der Waals surface area contributed by atoms with Gasteiger partial charge in [-0.05, 0) is 0 Å². The van der Waals surface area contributed by atoms with Crippen molar-refractivity contribution in [1.29, 1.82) is 0 Å². The number of hydrogen-bond acceptors (Lipinski definition) is 1. The minimum absolute atomic E-state index is 0.738. The second-order valence-electron chi connectivity index (χ2n) is 3.24. The predicted octanol–water partition coefficient (Wildman–Crippen LogP) is 3.39. The number of halogens is 2. The fourth-order valence-electron chi connectivity index (χ4n) is 1.26. The van der Waals surface area contributed by atoms with Gasteiger partial charge in [-0.25, -0.2) is 0 Å². The van der Waals surface area contributed by atoms with E-state index in [4.69, 9.17) is 21.6 Å². The van der Waals surface area contributed by atoms with E-state index in [1.54, 1.807) is 0 Å². The Balaban J connectivity index is 2.09. The Morgan fingerprint density at radius 1 is 0.875 bits per heavy atom. The predicted molar refractivity (Wildman–Crippen MR) is 72.8 cm³/mol. The van der Waals surface area contributed by atoms with Crippen LogP contribution in [0.15, 0.2) is 54.6 Å². The van der Waals surface area contributed by atoms with Crippen molar-refractivity contribution in [3.05, 3.63) is 59.6 Å². The molecule has 0 aromatic heterocycles. The van der Waals surface area contributed by atoms with E-state index < -0.39 is 13.9 Å². The molecular formula is C12H10AsCl2N. The van der Waals surface area contributed by atoms with Gasteiger partial charge in [0.1, 0.15) is 0 Å². The average Bonchev–Trinajstić information content (AvgIpc) is 2.31. The molecule has 0 heterocycles. The summed E-state index contributed by atoms with van der Waals surface area (Å²) in [6.45, 7) is 0. The van der Waals surface area contributed by atoms with E-state index in [1.807, 2.05) is 54.6 Å². The van der Waals surface area contributed by atoms with Gasteiger partial charge in [-0.15, -0.1) is 0 Å². The quantitative estimate of drug-likeness (QED) is 0.857. The fourth-order valence-corrected chi connectivity index (χ4v) is 4.40. The van der Waals surface area contributed by atoms with Gasteiger partial charge in [-0.2, -0.15) is 0 Å². The van der Waals surface area contributed by atoms with Crippen molar-refractivity contribution in [3.63, 3.8) is 0 Å². The molecule has 16 heavy (non-hydrogen) atoms. The molecular weight excluding hydrogens is 304 g/mol. The topological polar surface area (TPSA) is 12.0 Å². The molecule has 2 aromatic rings. The molecule has 4 heteroatoms. The average molecular weight is 314 g/mol.